The van der Waals surface area contributed by atoms with Crippen molar-refractivity contribution in [1.29, 1.82) is 0 Å². The minimum atomic E-state index is -0.747. The van der Waals surface area contributed by atoms with Gasteiger partial charge in [-0.15, -0.1) is 0 Å². The van der Waals surface area contributed by atoms with Crippen LogP contribution >= 0.6 is 0 Å². The number of aromatic nitrogens is 3. The number of pyridine rings is 1. The fraction of sp³-hybridized carbons (Fsp3) is 0.333. The third-order valence-electron chi connectivity index (χ3n) is 6.49. The van der Waals surface area contributed by atoms with Crippen LogP contribution in [0.3, 0.4) is 0 Å². The topological polar surface area (TPSA) is 105 Å². The van der Waals surface area contributed by atoms with Crippen LogP contribution < -0.4 is 5.73 Å². The summed E-state index contributed by atoms with van der Waals surface area (Å²) >= 11 is 0. The van der Waals surface area contributed by atoms with Crippen LogP contribution in [-0.4, -0.2) is 49.6 Å². The van der Waals surface area contributed by atoms with E-state index in [-0.39, 0.29) is 11.5 Å². The molecule has 4 rings (SSSR count). The molecule has 1 aromatic carbocycles. The van der Waals surface area contributed by atoms with Crippen LogP contribution in [0.5, 0.6) is 0 Å². The van der Waals surface area contributed by atoms with E-state index in [4.69, 9.17) is 5.73 Å². The van der Waals surface area contributed by atoms with Gasteiger partial charge in [0.1, 0.15) is 18.0 Å². The minimum absolute atomic E-state index is 0.000965. The van der Waals surface area contributed by atoms with Crippen molar-refractivity contribution >= 4 is 11.7 Å². The van der Waals surface area contributed by atoms with Gasteiger partial charge < -0.3 is 15.7 Å². The molecular formula is C27H28FN5O2. The molecule has 0 spiro atoms. The van der Waals surface area contributed by atoms with E-state index < -0.39 is 11.4 Å². The van der Waals surface area contributed by atoms with Gasteiger partial charge in [0.05, 0.1) is 28.1 Å². The van der Waals surface area contributed by atoms with E-state index in [1.807, 2.05) is 13.8 Å². The van der Waals surface area contributed by atoms with Gasteiger partial charge in [0, 0.05) is 30.4 Å². The Morgan fingerprint density at radius 3 is 2.54 bits per heavy atom. The highest BCUT2D eigenvalue weighted by Gasteiger charge is 2.33. The lowest BCUT2D eigenvalue weighted by Gasteiger charge is -2.37. The fourth-order valence-corrected chi connectivity index (χ4v) is 4.14. The zero-order chi connectivity index (χ0) is 25.0. The zero-order valence-corrected chi connectivity index (χ0v) is 19.9. The maximum Gasteiger partial charge on any atom is 0.256 e. The average molecular weight is 474 g/mol. The maximum absolute atomic E-state index is 15.2. The summed E-state index contributed by atoms with van der Waals surface area (Å²) in [5.74, 6) is 5.57. The monoisotopic (exact) mass is 473 g/mol. The van der Waals surface area contributed by atoms with Gasteiger partial charge >= 0.3 is 0 Å². The summed E-state index contributed by atoms with van der Waals surface area (Å²) in [6.07, 6.45) is 5.25. The summed E-state index contributed by atoms with van der Waals surface area (Å²) in [4.78, 5) is 27.3. The number of likely N-dealkylation sites (tertiary alicyclic amines) is 1. The number of carbonyl (C=O) groups is 1. The van der Waals surface area contributed by atoms with Crippen LogP contribution in [0.4, 0.5) is 10.2 Å². The van der Waals surface area contributed by atoms with Gasteiger partial charge in [-0.3, -0.25) is 4.79 Å². The Morgan fingerprint density at radius 1 is 1.14 bits per heavy atom. The Kier molecular flexibility index (Phi) is 7.08. The van der Waals surface area contributed by atoms with Gasteiger partial charge in [-0.05, 0) is 49.9 Å². The van der Waals surface area contributed by atoms with Gasteiger partial charge in [-0.2, -0.15) is 0 Å². The molecule has 0 radical (unpaired) electrons. The molecule has 180 valence electrons. The number of hydrogen-bond donors (Lipinski definition) is 2. The molecular weight excluding hydrogens is 445 g/mol. The highest BCUT2D eigenvalue weighted by Crippen LogP contribution is 2.28. The molecule has 2 aromatic heterocycles. The minimum Gasteiger partial charge on any atom is -0.390 e. The van der Waals surface area contributed by atoms with Gasteiger partial charge in [0.2, 0.25) is 0 Å². The van der Waals surface area contributed by atoms with Crippen molar-refractivity contribution in [3.05, 3.63) is 71.1 Å². The van der Waals surface area contributed by atoms with E-state index in [0.717, 1.165) is 5.69 Å². The van der Waals surface area contributed by atoms with E-state index in [1.165, 1.54) is 18.5 Å². The van der Waals surface area contributed by atoms with Crippen LogP contribution in [0.25, 0.3) is 11.3 Å². The Labute approximate surface area is 204 Å². The number of anilines is 1. The van der Waals surface area contributed by atoms with Crippen LogP contribution in [-0.2, 0) is 6.42 Å². The number of nitrogens with two attached hydrogens (primary N) is 1. The molecule has 0 unspecified atom stereocenters. The predicted molar refractivity (Wildman–Crippen MR) is 132 cm³/mol. The number of piperidine rings is 1. The first-order valence-electron chi connectivity index (χ1n) is 11.7. The number of carbonyl (C=O) groups excluding carboxylic acids is 1. The Hall–Kier alpha value is -3.83. The number of rotatable bonds is 4. The number of benzene rings is 1. The molecule has 3 N–H and O–H groups in total. The number of nitrogens with zero attached hydrogens (tertiary/aromatic N) is 4. The summed E-state index contributed by atoms with van der Waals surface area (Å²) in [5, 5.41) is 10.4. The predicted octanol–water partition coefficient (Wildman–Crippen LogP) is 3.60. The lowest BCUT2D eigenvalue weighted by Crippen LogP contribution is -2.46. The van der Waals surface area contributed by atoms with E-state index in [1.54, 1.807) is 29.3 Å². The Bertz CT molecular complexity index is 1290. The molecule has 0 bridgehead atoms. The second kappa shape index (κ2) is 10.2. The average Bonchev–Trinajstić information content (AvgIpc) is 2.88. The summed E-state index contributed by atoms with van der Waals surface area (Å²) in [6, 6.07) is 7.93. The second-order valence-corrected chi connectivity index (χ2v) is 8.68. The van der Waals surface area contributed by atoms with Crippen molar-refractivity contribution in [2.45, 2.75) is 45.1 Å². The smallest absolute Gasteiger partial charge is 0.256 e. The number of aryl methyl sites for hydroxylation is 1. The molecule has 1 saturated heterocycles. The largest absolute Gasteiger partial charge is 0.390 e. The lowest BCUT2D eigenvalue weighted by atomic mass is 9.89. The van der Waals surface area contributed by atoms with Crippen molar-refractivity contribution in [3.63, 3.8) is 0 Å². The molecule has 1 aliphatic rings. The first kappa shape index (κ1) is 24.3. The van der Waals surface area contributed by atoms with Crippen LogP contribution in [0, 0.1) is 17.7 Å². The molecule has 1 amide bonds. The quantitative estimate of drug-likeness (QED) is 0.561. The molecule has 35 heavy (non-hydrogen) atoms. The SMILES string of the molecule is CCc1ncnc(-c2ccc(C(=O)N3CCC(O)(CC)CC3)c(F)c2)c1C#Cc1ccc(N)nc1. The van der Waals surface area contributed by atoms with Crippen LogP contribution in [0.2, 0.25) is 0 Å². The fourth-order valence-electron chi connectivity index (χ4n) is 4.14. The Morgan fingerprint density at radius 2 is 1.91 bits per heavy atom. The van der Waals surface area contributed by atoms with Crippen molar-refractivity contribution in [2.75, 3.05) is 18.8 Å². The van der Waals surface area contributed by atoms with Crippen molar-refractivity contribution < 1.29 is 14.3 Å². The molecule has 0 saturated carbocycles. The number of amides is 1. The molecule has 3 heterocycles. The molecule has 1 fully saturated rings. The van der Waals surface area contributed by atoms with E-state index in [2.05, 4.69) is 26.8 Å². The molecule has 3 aromatic rings. The van der Waals surface area contributed by atoms with Gasteiger partial charge in [-0.1, -0.05) is 31.8 Å². The second-order valence-electron chi connectivity index (χ2n) is 8.68. The number of hydrogen-bond acceptors (Lipinski definition) is 6. The first-order valence-corrected chi connectivity index (χ1v) is 11.7. The zero-order valence-electron chi connectivity index (χ0n) is 19.9. The third-order valence-corrected chi connectivity index (χ3v) is 6.49. The van der Waals surface area contributed by atoms with Crippen molar-refractivity contribution in [3.8, 4) is 23.1 Å². The molecule has 0 aliphatic carbocycles. The van der Waals surface area contributed by atoms with Crippen molar-refractivity contribution in [2.24, 2.45) is 0 Å². The molecule has 8 heteroatoms. The number of aliphatic hydroxyl groups is 1. The summed E-state index contributed by atoms with van der Waals surface area (Å²) in [6.45, 7) is 4.69. The Balaban J connectivity index is 1.63. The van der Waals surface area contributed by atoms with E-state index in [9.17, 15) is 9.90 Å². The molecule has 7 nitrogen and oxygen atoms in total. The van der Waals surface area contributed by atoms with Crippen molar-refractivity contribution in [1.82, 2.24) is 19.9 Å². The highest BCUT2D eigenvalue weighted by molar-refractivity contribution is 5.95. The third kappa shape index (κ3) is 5.31. The summed E-state index contributed by atoms with van der Waals surface area (Å²) in [7, 11) is 0. The lowest BCUT2D eigenvalue weighted by molar-refractivity contribution is -0.0194. The highest BCUT2D eigenvalue weighted by atomic mass is 19.1. The van der Waals surface area contributed by atoms with E-state index in [0.29, 0.717) is 67.0 Å². The number of nitrogen functional groups attached to an aromatic ring is 1. The first-order chi connectivity index (χ1) is 16.8. The van der Waals surface area contributed by atoms with Gasteiger partial charge in [-0.25, -0.2) is 19.3 Å². The molecule has 0 atom stereocenters. The van der Waals surface area contributed by atoms with Gasteiger partial charge in [0.25, 0.3) is 5.91 Å². The summed E-state index contributed by atoms with van der Waals surface area (Å²) < 4.78 is 15.2. The standard InChI is InChI=1S/C27H28FN5O2/c1-3-23-21(8-5-18-6-10-24(29)30-16-18)25(32-17-31-23)19-7-9-20(22(28)15-19)26(34)33-13-11-27(35,4-2)12-14-33/h6-7,9-10,15-17,35H,3-4,11-14H2,1-2H3,(H2,29,30). The van der Waals surface area contributed by atoms with Crippen LogP contribution in [0.1, 0.15) is 60.3 Å². The maximum atomic E-state index is 15.2. The van der Waals surface area contributed by atoms with Gasteiger partial charge in [0.15, 0.2) is 0 Å². The normalized spacial score (nSPS) is 14.8. The molecule has 1 aliphatic heterocycles. The summed E-state index contributed by atoms with van der Waals surface area (Å²) in [5.41, 5.74) is 7.92. The number of halogens is 1. The van der Waals surface area contributed by atoms with E-state index >= 15 is 4.39 Å². The van der Waals surface area contributed by atoms with Crippen LogP contribution in [0.15, 0.2) is 42.9 Å².